The van der Waals surface area contributed by atoms with Gasteiger partial charge in [-0.25, -0.2) is 0 Å². The summed E-state index contributed by atoms with van der Waals surface area (Å²) in [6, 6.07) is 10.7. The van der Waals surface area contributed by atoms with E-state index < -0.39 is 0 Å². The highest BCUT2D eigenvalue weighted by Gasteiger charge is 2.29. The van der Waals surface area contributed by atoms with Gasteiger partial charge in [-0.05, 0) is 62.1 Å². The van der Waals surface area contributed by atoms with Crippen molar-refractivity contribution in [2.75, 3.05) is 26.2 Å². The third-order valence-corrected chi connectivity index (χ3v) is 5.69. The van der Waals surface area contributed by atoms with Gasteiger partial charge in [0.25, 0.3) is 0 Å². The Morgan fingerprint density at radius 3 is 2.62 bits per heavy atom. The van der Waals surface area contributed by atoms with Crippen LogP contribution in [0.25, 0.3) is 0 Å². The first-order valence-corrected chi connectivity index (χ1v) is 9.25. The van der Waals surface area contributed by atoms with Crippen molar-refractivity contribution in [3.8, 4) is 0 Å². The average molecular weight is 351 g/mol. The smallest absolute Gasteiger partial charge is 0.222 e. The standard InChI is InChI=1S/C20H30N2O.ClH/c1-16(19-7-10-21-11-8-19)13-20(23)22-12-9-18(15-22)14-17-5-3-2-4-6-17;/h2-6,16,18-19,21H,7-15H2,1H3;1H. The van der Waals surface area contributed by atoms with Gasteiger partial charge >= 0.3 is 0 Å². The highest BCUT2D eigenvalue weighted by atomic mass is 35.5. The number of nitrogens with zero attached hydrogens (tertiary/aromatic N) is 1. The summed E-state index contributed by atoms with van der Waals surface area (Å²) in [4.78, 5) is 14.7. The van der Waals surface area contributed by atoms with E-state index in [1.54, 1.807) is 0 Å². The van der Waals surface area contributed by atoms with Crippen LogP contribution in [0.3, 0.4) is 0 Å². The van der Waals surface area contributed by atoms with E-state index in [-0.39, 0.29) is 12.4 Å². The molecule has 0 aromatic heterocycles. The van der Waals surface area contributed by atoms with Crippen LogP contribution in [0.5, 0.6) is 0 Å². The van der Waals surface area contributed by atoms with Crippen LogP contribution in [0.15, 0.2) is 30.3 Å². The second-order valence-corrected chi connectivity index (χ2v) is 7.45. The molecule has 2 aliphatic rings. The molecule has 134 valence electrons. The molecule has 3 rings (SSSR count). The molecule has 0 saturated carbocycles. The highest BCUT2D eigenvalue weighted by Crippen LogP contribution is 2.27. The van der Waals surface area contributed by atoms with Crippen LogP contribution in [0.2, 0.25) is 0 Å². The minimum absolute atomic E-state index is 0. The van der Waals surface area contributed by atoms with Crippen LogP contribution < -0.4 is 5.32 Å². The second kappa shape index (κ2) is 9.43. The summed E-state index contributed by atoms with van der Waals surface area (Å²) < 4.78 is 0. The Labute approximate surface area is 152 Å². The Morgan fingerprint density at radius 2 is 1.92 bits per heavy atom. The van der Waals surface area contributed by atoms with Gasteiger partial charge in [0.1, 0.15) is 0 Å². The van der Waals surface area contributed by atoms with E-state index in [0.717, 1.165) is 51.4 Å². The zero-order valence-electron chi connectivity index (χ0n) is 14.7. The van der Waals surface area contributed by atoms with Crippen LogP contribution in [-0.4, -0.2) is 37.0 Å². The van der Waals surface area contributed by atoms with Crippen LogP contribution in [-0.2, 0) is 11.2 Å². The molecular formula is C20H31ClN2O. The summed E-state index contributed by atoms with van der Waals surface area (Å²) in [5, 5.41) is 3.41. The molecule has 0 aliphatic carbocycles. The van der Waals surface area contributed by atoms with Crippen molar-refractivity contribution < 1.29 is 4.79 Å². The summed E-state index contributed by atoms with van der Waals surface area (Å²) in [5.74, 6) is 2.27. The molecule has 0 radical (unpaired) electrons. The van der Waals surface area contributed by atoms with Gasteiger partial charge in [0.2, 0.25) is 5.91 Å². The van der Waals surface area contributed by atoms with E-state index >= 15 is 0 Å². The summed E-state index contributed by atoms with van der Waals surface area (Å²) in [7, 11) is 0. The van der Waals surface area contributed by atoms with Crippen molar-refractivity contribution in [2.24, 2.45) is 17.8 Å². The lowest BCUT2D eigenvalue weighted by Gasteiger charge is -2.29. The number of carbonyl (C=O) groups excluding carboxylic acids is 1. The van der Waals surface area contributed by atoms with Gasteiger partial charge in [0.05, 0.1) is 0 Å². The number of piperidine rings is 1. The van der Waals surface area contributed by atoms with E-state index in [0.29, 0.717) is 17.7 Å². The molecule has 4 heteroatoms. The van der Waals surface area contributed by atoms with Crippen molar-refractivity contribution in [2.45, 2.75) is 39.0 Å². The van der Waals surface area contributed by atoms with Gasteiger partial charge in [0.15, 0.2) is 0 Å². The first kappa shape index (κ1) is 19.3. The molecule has 0 spiro atoms. The van der Waals surface area contributed by atoms with Crippen molar-refractivity contribution in [1.29, 1.82) is 0 Å². The van der Waals surface area contributed by atoms with E-state index in [1.165, 1.54) is 18.4 Å². The molecule has 2 saturated heterocycles. The molecule has 2 aliphatic heterocycles. The maximum atomic E-state index is 12.6. The zero-order valence-corrected chi connectivity index (χ0v) is 15.6. The van der Waals surface area contributed by atoms with Crippen LogP contribution in [0.1, 0.15) is 38.2 Å². The van der Waals surface area contributed by atoms with Crippen LogP contribution in [0.4, 0.5) is 0 Å². The third-order valence-electron chi connectivity index (χ3n) is 5.69. The number of halogens is 1. The minimum atomic E-state index is 0. The molecule has 2 unspecified atom stereocenters. The molecule has 1 amide bonds. The van der Waals surface area contributed by atoms with Crippen molar-refractivity contribution in [3.63, 3.8) is 0 Å². The van der Waals surface area contributed by atoms with Crippen molar-refractivity contribution in [3.05, 3.63) is 35.9 Å². The predicted octanol–water partition coefficient (Wildman–Crippen LogP) is 3.53. The Balaban J connectivity index is 0.00000208. The topological polar surface area (TPSA) is 32.3 Å². The largest absolute Gasteiger partial charge is 0.342 e. The Hall–Kier alpha value is -1.06. The molecule has 1 aromatic carbocycles. The SMILES string of the molecule is CC(CC(=O)N1CCC(Cc2ccccc2)C1)C1CCNCC1.Cl. The normalized spacial score (nSPS) is 22.9. The van der Waals surface area contributed by atoms with E-state index in [9.17, 15) is 4.79 Å². The summed E-state index contributed by atoms with van der Waals surface area (Å²) in [5.41, 5.74) is 1.40. The lowest BCUT2D eigenvalue weighted by molar-refractivity contribution is -0.131. The summed E-state index contributed by atoms with van der Waals surface area (Å²) in [6.45, 7) is 6.41. The van der Waals surface area contributed by atoms with Gasteiger partial charge in [-0.15, -0.1) is 12.4 Å². The molecule has 24 heavy (non-hydrogen) atoms. The van der Waals surface area contributed by atoms with Gasteiger partial charge in [-0.2, -0.15) is 0 Å². The number of likely N-dealkylation sites (tertiary alicyclic amines) is 1. The van der Waals surface area contributed by atoms with Gasteiger partial charge in [-0.3, -0.25) is 4.79 Å². The number of hydrogen-bond donors (Lipinski definition) is 1. The molecule has 2 heterocycles. The number of amides is 1. The predicted molar refractivity (Wildman–Crippen MR) is 101 cm³/mol. The zero-order chi connectivity index (χ0) is 16.1. The number of hydrogen-bond acceptors (Lipinski definition) is 2. The lowest BCUT2D eigenvalue weighted by atomic mass is 9.84. The third kappa shape index (κ3) is 5.22. The van der Waals surface area contributed by atoms with Crippen molar-refractivity contribution in [1.82, 2.24) is 10.2 Å². The number of rotatable bonds is 5. The number of benzene rings is 1. The molecule has 1 aromatic rings. The van der Waals surface area contributed by atoms with E-state index in [1.807, 2.05) is 0 Å². The fraction of sp³-hybridized carbons (Fsp3) is 0.650. The molecule has 3 nitrogen and oxygen atoms in total. The highest BCUT2D eigenvalue weighted by molar-refractivity contribution is 5.85. The second-order valence-electron chi connectivity index (χ2n) is 7.45. The summed E-state index contributed by atoms with van der Waals surface area (Å²) in [6.07, 6.45) is 5.45. The minimum Gasteiger partial charge on any atom is -0.342 e. The van der Waals surface area contributed by atoms with Gasteiger partial charge < -0.3 is 10.2 Å². The first-order chi connectivity index (χ1) is 11.2. The molecule has 2 fully saturated rings. The fourth-order valence-corrected chi connectivity index (χ4v) is 4.16. The van der Waals surface area contributed by atoms with Gasteiger partial charge in [0, 0.05) is 19.5 Å². The fourth-order valence-electron chi connectivity index (χ4n) is 4.16. The van der Waals surface area contributed by atoms with Crippen LogP contribution >= 0.6 is 12.4 Å². The van der Waals surface area contributed by atoms with Crippen molar-refractivity contribution >= 4 is 18.3 Å². The molecule has 0 bridgehead atoms. The van der Waals surface area contributed by atoms with E-state index in [4.69, 9.17) is 0 Å². The molecular weight excluding hydrogens is 320 g/mol. The molecule has 2 atom stereocenters. The van der Waals surface area contributed by atoms with Crippen LogP contribution in [0, 0.1) is 17.8 Å². The van der Waals surface area contributed by atoms with Gasteiger partial charge in [-0.1, -0.05) is 37.3 Å². The monoisotopic (exact) mass is 350 g/mol. The van der Waals surface area contributed by atoms with E-state index in [2.05, 4.69) is 47.5 Å². The Bertz CT molecular complexity index is 502. The number of nitrogens with one attached hydrogen (secondary N) is 1. The maximum absolute atomic E-state index is 12.6. The summed E-state index contributed by atoms with van der Waals surface area (Å²) >= 11 is 0. The average Bonchev–Trinajstić information content (AvgIpc) is 3.05. The number of carbonyl (C=O) groups is 1. The quantitative estimate of drug-likeness (QED) is 0.881. The Morgan fingerprint density at radius 1 is 1.21 bits per heavy atom. The molecule has 1 N–H and O–H groups in total. The first-order valence-electron chi connectivity index (χ1n) is 9.25. The lowest BCUT2D eigenvalue weighted by Crippen LogP contribution is -2.35. The maximum Gasteiger partial charge on any atom is 0.222 e. The Kier molecular flexibility index (Phi) is 7.57.